The van der Waals surface area contributed by atoms with Crippen LogP contribution >= 0.6 is 11.8 Å². The molecule has 2 aliphatic heterocycles. The molecule has 21 heavy (non-hydrogen) atoms. The van der Waals surface area contributed by atoms with Gasteiger partial charge in [-0.15, -0.1) is 11.8 Å². The Bertz CT molecular complexity index is 575. The maximum absolute atomic E-state index is 11.7. The number of likely N-dealkylation sites (N-methyl/N-ethyl adjacent to an activating group) is 1. The highest BCUT2D eigenvalue weighted by atomic mass is 32.2. The first-order chi connectivity index (χ1) is 9.93. The molecular formula is C16H22N2O2S. The Labute approximate surface area is 130 Å². The molecule has 0 unspecified atom stereocenters. The minimum Gasteiger partial charge on any atom is -0.410 e. The molecule has 0 radical (unpaired) electrons. The Hall–Kier alpha value is -1.36. The van der Waals surface area contributed by atoms with Crippen LogP contribution in [0, 0.1) is 0 Å². The van der Waals surface area contributed by atoms with Gasteiger partial charge in [0.1, 0.15) is 5.75 Å². The van der Waals surface area contributed by atoms with Crippen molar-refractivity contribution in [2.45, 2.75) is 30.6 Å². The number of hydrogen-bond donors (Lipinski definition) is 0. The number of hydrogen-bond acceptors (Lipinski definition) is 4. The summed E-state index contributed by atoms with van der Waals surface area (Å²) in [7, 11) is 5.55. The van der Waals surface area contributed by atoms with Gasteiger partial charge in [0.15, 0.2) is 0 Å². The van der Waals surface area contributed by atoms with Crippen LogP contribution in [-0.4, -0.2) is 43.3 Å². The van der Waals surface area contributed by atoms with E-state index in [1.165, 1.54) is 34.7 Å². The number of ether oxygens (including phenoxy) is 1. The fourth-order valence-electron chi connectivity index (χ4n) is 3.41. The van der Waals surface area contributed by atoms with Crippen molar-refractivity contribution < 1.29 is 9.53 Å². The van der Waals surface area contributed by atoms with E-state index in [9.17, 15) is 4.79 Å². The molecule has 2 heterocycles. The van der Waals surface area contributed by atoms with Gasteiger partial charge in [-0.25, -0.2) is 4.79 Å². The Morgan fingerprint density at radius 2 is 2.24 bits per heavy atom. The summed E-state index contributed by atoms with van der Waals surface area (Å²) in [4.78, 5) is 15.5. The molecule has 0 saturated carbocycles. The van der Waals surface area contributed by atoms with Gasteiger partial charge in [0.2, 0.25) is 0 Å². The van der Waals surface area contributed by atoms with Gasteiger partial charge in [-0.05, 0) is 42.4 Å². The van der Waals surface area contributed by atoms with Crippen molar-refractivity contribution in [2.24, 2.45) is 0 Å². The molecule has 1 fully saturated rings. The number of anilines is 1. The van der Waals surface area contributed by atoms with Gasteiger partial charge in [0.25, 0.3) is 0 Å². The van der Waals surface area contributed by atoms with E-state index in [-0.39, 0.29) is 11.5 Å². The second-order valence-corrected chi connectivity index (χ2v) is 7.48. The molecule has 0 spiro atoms. The standard InChI is InChI=1S/C16H22N2O2S/c1-16-8-5-9-21-14(16)18(4)13-7-6-11(10-12(13)16)20-15(19)17(2)3/h6-7,10,14H,5,8-9H2,1-4H3/t14-,16-/m0/s1. The summed E-state index contributed by atoms with van der Waals surface area (Å²) in [5, 5.41) is 0.487. The Balaban J connectivity index is 1.96. The van der Waals surface area contributed by atoms with Gasteiger partial charge in [0, 0.05) is 32.2 Å². The van der Waals surface area contributed by atoms with Crippen molar-refractivity contribution >= 4 is 23.5 Å². The molecule has 1 amide bonds. The molecule has 0 aromatic heterocycles. The summed E-state index contributed by atoms with van der Waals surface area (Å²) in [5.74, 6) is 1.86. The first kappa shape index (κ1) is 14.6. The zero-order valence-corrected chi connectivity index (χ0v) is 13.9. The maximum atomic E-state index is 11.7. The predicted molar refractivity (Wildman–Crippen MR) is 87.4 cm³/mol. The zero-order valence-electron chi connectivity index (χ0n) is 13.0. The molecule has 5 heteroatoms. The van der Waals surface area contributed by atoms with Gasteiger partial charge in [-0.3, -0.25) is 0 Å². The van der Waals surface area contributed by atoms with E-state index in [4.69, 9.17) is 4.74 Å². The highest BCUT2D eigenvalue weighted by Crippen LogP contribution is 2.54. The van der Waals surface area contributed by atoms with Crippen molar-refractivity contribution in [1.29, 1.82) is 0 Å². The van der Waals surface area contributed by atoms with Crippen LogP contribution in [0.4, 0.5) is 10.5 Å². The highest BCUT2D eigenvalue weighted by Gasteiger charge is 2.48. The smallest absolute Gasteiger partial charge is 0.410 e. The molecule has 0 aliphatic carbocycles. The second kappa shape index (κ2) is 5.13. The fraction of sp³-hybridized carbons (Fsp3) is 0.562. The number of fused-ring (bicyclic) bond motifs is 3. The van der Waals surface area contributed by atoms with Gasteiger partial charge in [0.05, 0.1) is 5.37 Å². The number of thioether (sulfide) groups is 1. The molecule has 1 aromatic rings. The average molecular weight is 306 g/mol. The lowest BCUT2D eigenvalue weighted by Crippen LogP contribution is -2.41. The molecule has 0 N–H and O–H groups in total. The molecule has 2 aliphatic rings. The quantitative estimate of drug-likeness (QED) is 0.797. The lowest BCUT2D eigenvalue weighted by molar-refractivity contribution is 0.172. The van der Waals surface area contributed by atoms with Crippen molar-refractivity contribution in [1.82, 2.24) is 4.90 Å². The molecule has 1 saturated heterocycles. The average Bonchev–Trinajstić information content (AvgIpc) is 2.68. The maximum Gasteiger partial charge on any atom is 0.414 e. The third-order valence-electron chi connectivity index (χ3n) is 4.55. The van der Waals surface area contributed by atoms with Crippen LogP contribution in [0.15, 0.2) is 18.2 Å². The van der Waals surface area contributed by atoms with Crippen molar-refractivity contribution in [3.8, 4) is 5.75 Å². The topological polar surface area (TPSA) is 32.8 Å². The highest BCUT2D eigenvalue weighted by molar-refractivity contribution is 8.00. The SMILES string of the molecule is CN(C)C(=O)Oc1ccc2c(c1)[C@]1(C)CCCS[C@@H]1N2C. The van der Waals surface area contributed by atoms with E-state index in [0.29, 0.717) is 11.1 Å². The predicted octanol–water partition coefficient (Wildman–Crippen LogP) is 3.31. The lowest BCUT2D eigenvalue weighted by Gasteiger charge is -2.38. The number of amides is 1. The van der Waals surface area contributed by atoms with Crippen molar-refractivity contribution in [3.63, 3.8) is 0 Å². The summed E-state index contributed by atoms with van der Waals surface area (Å²) in [6.45, 7) is 2.34. The summed E-state index contributed by atoms with van der Waals surface area (Å²) in [6.07, 6.45) is 2.10. The molecular weight excluding hydrogens is 284 g/mol. The molecule has 4 nitrogen and oxygen atoms in total. The van der Waals surface area contributed by atoms with E-state index in [1.807, 2.05) is 17.8 Å². The minimum atomic E-state index is -0.332. The van der Waals surface area contributed by atoms with Crippen LogP contribution in [0.2, 0.25) is 0 Å². The Morgan fingerprint density at radius 1 is 1.48 bits per heavy atom. The van der Waals surface area contributed by atoms with Crippen LogP contribution in [0.5, 0.6) is 5.75 Å². The number of carbonyl (C=O) groups excluding carboxylic acids is 1. The van der Waals surface area contributed by atoms with Crippen LogP contribution < -0.4 is 9.64 Å². The van der Waals surface area contributed by atoms with E-state index in [1.54, 1.807) is 14.1 Å². The van der Waals surface area contributed by atoms with Gasteiger partial charge in [-0.1, -0.05) is 6.92 Å². The largest absolute Gasteiger partial charge is 0.414 e. The van der Waals surface area contributed by atoms with Gasteiger partial charge < -0.3 is 14.5 Å². The zero-order chi connectivity index (χ0) is 15.2. The minimum absolute atomic E-state index is 0.146. The van der Waals surface area contributed by atoms with E-state index >= 15 is 0 Å². The van der Waals surface area contributed by atoms with E-state index < -0.39 is 0 Å². The third-order valence-corrected chi connectivity index (χ3v) is 6.22. The normalized spacial score (nSPS) is 27.0. The van der Waals surface area contributed by atoms with Crippen LogP contribution in [0.1, 0.15) is 25.3 Å². The fourth-order valence-corrected chi connectivity index (χ4v) is 4.89. The van der Waals surface area contributed by atoms with Crippen LogP contribution in [0.3, 0.4) is 0 Å². The Morgan fingerprint density at radius 3 is 2.95 bits per heavy atom. The van der Waals surface area contributed by atoms with Crippen LogP contribution in [-0.2, 0) is 5.41 Å². The summed E-state index contributed by atoms with van der Waals surface area (Å²) in [6, 6.07) is 6.03. The number of nitrogens with zero attached hydrogens (tertiary/aromatic N) is 2. The monoisotopic (exact) mass is 306 g/mol. The van der Waals surface area contributed by atoms with Gasteiger partial charge in [-0.2, -0.15) is 0 Å². The van der Waals surface area contributed by atoms with Crippen LogP contribution in [0.25, 0.3) is 0 Å². The van der Waals surface area contributed by atoms with Gasteiger partial charge >= 0.3 is 6.09 Å². The van der Waals surface area contributed by atoms with Crippen molar-refractivity contribution in [2.75, 3.05) is 31.8 Å². The summed E-state index contributed by atoms with van der Waals surface area (Å²) < 4.78 is 5.42. The van der Waals surface area contributed by atoms with E-state index in [0.717, 1.165) is 0 Å². The Kier molecular flexibility index (Phi) is 3.56. The van der Waals surface area contributed by atoms with Crippen molar-refractivity contribution in [3.05, 3.63) is 23.8 Å². The summed E-state index contributed by atoms with van der Waals surface area (Å²) in [5.41, 5.74) is 2.72. The first-order valence-electron chi connectivity index (χ1n) is 7.31. The molecule has 114 valence electrons. The number of carbonyl (C=O) groups is 1. The first-order valence-corrected chi connectivity index (χ1v) is 8.36. The van der Waals surface area contributed by atoms with E-state index in [2.05, 4.69) is 31.0 Å². The third kappa shape index (κ3) is 2.27. The summed E-state index contributed by atoms with van der Waals surface area (Å²) >= 11 is 2.03. The molecule has 1 aromatic carbocycles. The lowest BCUT2D eigenvalue weighted by atomic mass is 9.80. The second-order valence-electron chi connectivity index (χ2n) is 6.30. The number of benzene rings is 1. The number of rotatable bonds is 1. The molecule has 3 rings (SSSR count). The molecule has 0 bridgehead atoms. The molecule has 2 atom stereocenters.